The standard InChI is InChI=1S/C25H23BrO5/c1-18(27)29-14-13-20-9-6-12-24(25(20)31-16-19-7-3-2-4-8-19)30-17-23(28)21-10-5-11-22(26)15-21/h2-12,15H,13-14,16-17H2,1H3. The monoisotopic (exact) mass is 482 g/mol. The van der Waals surface area contributed by atoms with E-state index in [1.807, 2.05) is 48.5 Å². The molecule has 0 saturated carbocycles. The second-order valence-electron chi connectivity index (χ2n) is 6.83. The molecule has 0 radical (unpaired) electrons. The van der Waals surface area contributed by atoms with Gasteiger partial charge in [0.05, 0.1) is 6.61 Å². The molecule has 6 heteroatoms. The van der Waals surface area contributed by atoms with Gasteiger partial charge in [0.25, 0.3) is 0 Å². The van der Waals surface area contributed by atoms with Crippen LogP contribution in [0.2, 0.25) is 0 Å². The number of Topliss-reactive ketones (excluding diaryl/α,β-unsaturated/α-hetero) is 1. The third kappa shape index (κ3) is 6.96. The van der Waals surface area contributed by atoms with Crippen LogP contribution in [-0.4, -0.2) is 25.0 Å². The molecular weight excluding hydrogens is 460 g/mol. The minimum absolute atomic E-state index is 0.119. The lowest BCUT2D eigenvalue weighted by molar-refractivity contribution is -0.140. The lowest BCUT2D eigenvalue weighted by atomic mass is 10.1. The van der Waals surface area contributed by atoms with Crippen molar-refractivity contribution in [2.45, 2.75) is 20.0 Å². The van der Waals surface area contributed by atoms with E-state index in [1.165, 1.54) is 6.92 Å². The van der Waals surface area contributed by atoms with Crippen LogP contribution in [0.1, 0.15) is 28.4 Å². The zero-order valence-electron chi connectivity index (χ0n) is 17.2. The first-order valence-electron chi connectivity index (χ1n) is 9.86. The van der Waals surface area contributed by atoms with E-state index in [0.717, 1.165) is 15.6 Å². The number of carbonyl (C=O) groups excluding carboxylic acids is 2. The molecule has 3 aromatic rings. The van der Waals surface area contributed by atoms with Gasteiger partial charge in [-0.25, -0.2) is 0 Å². The summed E-state index contributed by atoms with van der Waals surface area (Å²) in [5, 5.41) is 0. The van der Waals surface area contributed by atoms with Gasteiger partial charge in [0.2, 0.25) is 0 Å². The number of esters is 1. The lowest BCUT2D eigenvalue weighted by Crippen LogP contribution is -2.13. The first kappa shape index (κ1) is 22.6. The summed E-state index contributed by atoms with van der Waals surface area (Å²) in [6, 6.07) is 22.4. The predicted octanol–water partition coefficient (Wildman–Crippen LogP) is 5.40. The van der Waals surface area contributed by atoms with E-state index in [4.69, 9.17) is 14.2 Å². The van der Waals surface area contributed by atoms with Gasteiger partial charge in [0, 0.05) is 28.9 Å². The van der Waals surface area contributed by atoms with Gasteiger partial charge < -0.3 is 14.2 Å². The van der Waals surface area contributed by atoms with Crippen molar-refractivity contribution >= 4 is 27.7 Å². The largest absolute Gasteiger partial charge is 0.485 e. The zero-order chi connectivity index (χ0) is 22.1. The smallest absolute Gasteiger partial charge is 0.302 e. The zero-order valence-corrected chi connectivity index (χ0v) is 18.8. The van der Waals surface area contributed by atoms with Crippen molar-refractivity contribution in [3.05, 3.63) is 94.0 Å². The fraction of sp³-hybridized carbons (Fsp3) is 0.200. The molecule has 0 aliphatic heterocycles. The van der Waals surface area contributed by atoms with E-state index in [2.05, 4.69) is 15.9 Å². The number of benzene rings is 3. The minimum atomic E-state index is -0.334. The van der Waals surface area contributed by atoms with E-state index in [9.17, 15) is 9.59 Å². The Morgan fingerprint density at radius 2 is 1.68 bits per heavy atom. The molecule has 0 heterocycles. The molecule has 0 aromatic heterocycles. The number of halogens is 1. The average Bonchev–Trinajstić information content (AvgIpc) is 2.77. The number of hydrogen-bond donors (Lipinski definition) is 0. The number of para-hydroxylation sites is 1. The van der Waals surface area contributed by atoms with Gasteiger partial charge in [-0.1, -0.05) is 70.5 Å². The van der Waals surface area contributed by atoms with Crippen molar-refractivity contribution in [1.82, 2.24) is 0 Å². The SMILES string of the molecule is CC(=O)OCCc1cccc(OCC(=O)c2cccc(Br)c2)c1OCc1ccccc1. The summed E-state index contributed by atoms with van der Waals surface area (Å²) in [4.78, 5) is 23.7. The molecule has 0 aliphatic carbocycles. The number of carbonyl (C=O) groups is 2. The molecule has 0 unspecified atom stereocenters. The normalized spacial score (nSPS) is 10.4. The molecule has 0 fully saturated rings. The van der Waals surface area contributed by atoms with Crippen LogP contribution in [0, 0.1) is 0 Å². The fourth-order valence-corrected chi connectivity index (χ4v) is 3.36. The quantitative estimate of drug-likeness (QED) is 0.286. The fourth-order valence-electron chi connectivity index (χ4n) is 2.96. The molecule has 0 spiro atoms. The van der Waals surface area contributed by atoms with Crippen LogP contribution in [0.3, 0.4) is 0 Å². The van der Waals surface area contributed by atoms with Gasteiger partial charge in [0.1, 0.15) is 6.61 Å². The van der Waals surface area contributed by atoms with E-state index >= 15 is 0 Å². The Hall–Kier alpha value is -3.12. The van der Waals surface area contributed by atoms with E-state index in [-0.39, 0.29) is 25.0 Å². The van der Waals surface area contributed by atoms with Crippen molar-refractivity contribution < 1.29 is 23.8 Å². The third-order valence-electron chi connectivity index (χ3n) is 4.47. The van der Waals surface area contributed by atoms with Gasteiger partial charge in [0.15, 0.2) is 23.9 Å². The highest BCUT2D eigenvalue weighted by Crippen LogP contribution is 2.33. The summed E-state index contributed by atoms with van der Waals surface area (Å²) in [5.74, 6) is 0.541. The van der Waals surface area contributed by atoms with Crippen LogP contribution >= 0.6 is 15.9 Å². The summed E-state index contributed by atoms with van der Waals surface area (Å²) in [6.45, 7) is 1.84. The maximum atomic E-state index is 12.5. The molecule has 31 heavy (non-hydrogen) atoms. The molecule has 0 amide bonds. The highest BCUT2D eigenvalue weighted by molar-refractivity contribution is 9.10. The van der Waals surface area contributed by atoms with Crippen molar-refractivity contribution in [3.8, 4) is 11.5 Å². The first-order chi connectivity index (χ1) is 15.0. The van der Waals surface area contributed by atoms with Crippen molar-refractivity contribution in [1.29, 1.82) is 0 Å². The topological polar surface area (TPSA) is 61.8 Å². The predicted molar refractivity (Wildman–Crippen MR) is 122 cm³/mol. The second kappa shape index (κ2) is 11.3. The Labute approximate surface area is 190 Å². The molecule has 0 atom stereocenters. The van der Waals surface area contributed by atoms with Gasteiger partial charge in [-0.05, 0) is 23.8 Å². The first-order valence-corrected chi connectivity index (χ1v) is 10.7. The summed E-state index contributed by atoms with van der Waals surface area (Å²) in [6.07, 6.45) is 0.473. The second-order valence-corrected chi connectivity index (χ2v) is 7.75. The number of ketones is 1. The Morgan fingerprint density at radius 3 is 2.42 bits per heavy atom. The van der Waals surface area contributed by atoms with Gasteiger partial charge in [-0.2, -0.15) is 0 Å². The van der Waals surface area contributed by atoms with Crippen molar-refractivity contribution in [2.24, 2.45) is 0 Å². The highest BCUT2D eigenvalue weighted by Gasteiger charge is 2.15. The van der Waals surface area contributed by atoms with Gasteiger partial charge in [-0.3, -0.25) is 9.59 Å². The van der Waals surface area contributed by atoms with Crippen LogP contribution < -0.4 is 9.47 Å². The Balaban J connectivity index is 1.76. The molecule has 0 aliphatic rings. The van der Waals surface area contributed by atoms with Gasteiger partial charge in [-0.15, -0.1) is 0 Å². The summed E-state index contributed by atoms with van der Waals surface area (Å²) in [7, 11) is 0. The number of ether oxygens (including phenoxy) is 3. The molecular formula is C25H23BrO5. The van der Waals surface area contributed by atoms with E-state index in [0.29, 0.717) is 30.1 Å². The van der Waals surface area contributed by atoms with Crippen LogP contribution in [0.5, 0.6) is 11.5 Å². The Bertz CT molecular complexity index is 1030. The van der Waals surface area contributed by atoms with Crippen LogP contribution in [0.4, 0.5) is 0 Å². The van der Waals surface area contributed by atoms with Gasteiger partial charge >= 0.3 is 5.97 Å². The van der Waals surface area contributed by atoms with Crippen LogP contribution in [-0.2, 0) is 22.6 Å². The average molecular weight is 483 g/mol. The lowest BCUT2D eigenvalue weighted by Gasteiger charge is -2.16. The molecule has 3 rings (SSSR count). The van der Waals surface area contributed by atoms with Crippen molar-refractivity contribution in [2.75, 3.05) is 13.2 Å². The molecule has 0 saturated heterocycles. The molecule has 0 bridgehead atoms. The Morgan fingerprint density at radius 1 is 0.903 bits per heavy atom. The van der Waals surface area contributed by atoms with Crippen LogP contribution in [0.25, 0.3) is 0 Å². The summed E-state index contributed by atoms with van der Waals surface area (Å²) in [5.41, 5.74) is 2.41. The Kier molecular flexibility index (Phi) is 8.24. The third-order valence-corrected chi connectivity index (χ3v) is 4.96. The van der Waals surface area contributed by atoms with E-state index < -0.39 is 0 Å². The molecule has 0 N–H and O–H groups in total. The van der Waals surface area contributed by atoms with Crippen molar-refractivity contribution in [3.63, 3.8) is 0 Å². The number of hydrogen-bond acceptors (Lipinski definition) is 5. The molecule has 160 valence electrons. The maximum absolute atomic E-state index is 12.5. The number of rotatable bonds is 10. The van der Waals surface area contributed by atoms with E-state index in [1.54, 1.807) is 24.3 Å². The molecule has 3 aromatic carbocycles. The maximum Gasteiger partial charge on any atom is 0.302 e. The minimum Gasteiger partial charge on any atom is -0.485 e. The summed E-state index contributed by atoms with van der Waals surface area (Å²) < 4.78 is 17.8. The summed E-state index contributed by atoms with van der Waals surface area (Å²) >= 11 is 3.38. The van der Waals surface area contributed by atoms with Crippen LogP contribution in [0.15, 0.2) is 77.3 Å². The highest BCUT2D eigenvalue weighted by atomic mass is 79.9. The molecule has 5 nitrogen and oxygen atoms in total.